The summed E-state index contributed by atoms with van der Waals surface area (Å²) >= 11 is 1.32. The lowest BCUT2D eigenvalue weighted by Crippen LogP contribution is -2.33. The zero-order chi connectivity index (χ0) is 25.4. The molecule has 35 heavy (non-hydrogen) atoms. The highest BCUT2D eigenvalue weighted by Crippen LogP contribution is 2.26. The van der Waals surface area contributed by atoms with Crippen LogP contribution in [0.1, 0.15) is 55.5 Å². The maximum Gasteiger partial charge on any atom is 0.251 e. The summed E-state index contributed by atoms with van der Waals surface area (Å²) in [7, 11) is 0. The van der Waals surface area contributed by atoms with Crippen molar-refractivity contribution in [2.24, 2.45) is 5.92 Å². The summed E-state index contributed by atoms with van der Waals surface area (Å²) in [6.45, 7) is 11.2. The van der Waals surface area contributed by atoms with Crippen molar-refractivity contribution in [3.05, 3.63) is 65.5 Å². The summed E-state index contributed by atoms with van der Waals surface area (Å²) in [5, 5.41) is 15.4. The number of carbonyl (C=O) groups excluding carboxylic acids is 2. The van der Waals surface area contributed by atoms with Crippen molar-refractivity contribution in [1.82, 2.24) is 20.1 Å². The van der Waals surface area contributed by atoms with Gasteiger partial charge >= 0.3 is 0 Å². The molecule has 8 nitrogen and oxygen atoms in total. The molecule has 0 aliphatic heterocycles. The van der Waals surface area contributed by atoms with E-state index in [9.17, 15) is 9.59 Å². The topological polar surface area (TPSA) is 98.1 Å². The molecule has 0 radical (unpaired) electrons. The highest BCUT2D eigenvalue weighted by Gasteiger charge is 2.26. The van der Waals surface area contributed by atoms with Gasteiger partial charge in [-0.2, -0.15) is 0 Å². The highest BCUT2D eigenvalue weighted by molar-refractivity contribution is 7.99. The van der Waals surface area contributed by atoms with Crippen molar-refractivity contribution < 1.29 is 14.3 Å². The Morgan fingerprint density at radius 1 is 1.09 bits per heavy atom. The number of ether oxygens (including phenoxy) is 1. The Labute approximate surface area is 210 Å². The first-order chi connectivity index (χ1) is 16.8. The van der Waals surface area contributed by atoms with E-state index in [1.807, 2.05) is 81.7 Å². The number of aromatic nitrogens is 3. The van der Waals surface area contributed by atoms with E-state index in [0.29, 0.717) is 35.4 Å². The molecular formula is C26H33N5O3S. The molecule has 0 bridgehead atoms. The van der Waals surface area contributed by atoms with E-state index in [1.54, 1.807) is 6.07 Å². The quantitative estimate of drug-likeness (QED) is 0.369. The smallest absolute Gasteiger partial charge is 0.251 e. The van der Waals surface area contributed by atoms with Crippen LogP contribution in [0.2, 0.25) is 0 Å². The standard InChI is InChI=1S/C26H33N5O3S/c1-6-31-24(23(17(3)4)28-25(33)19-10-8-9-18(5)15-19)29-30-26(31)35-16-22(32)27-20-11-13-21(14-12-20)34-7-2/h8-15,17,23H,6-7,16H2,1-5H3,(H,27,32)(H,28,33)/t23-/m0/s1. The molecule has 3 rings (SSSR count). The molecule has 1 atom stereocenters. The number of aryl methyl sites for hydroxylation is 1. The lowest BCUT2D eigenvalue weighted by Gasteiger charge is -2.22. The Hall–Kier alpha value is -3.33. The van der Waals surface area contributed by atoms with Crippen LogP contribution in [0.25, 0.3) is 0 Å². The van der Waals surface area contributed by atoms with Crippen LogP contribution in [0.4, 0.5) is 5.69 Å². The molecule has 2 aromatic carbocycles. The largest absolute Gasteiger partial charge is 0.494 e. The minimum Gasteiger partial charge on any atom is -0.494 e. The second-order valence-electron chi connectivity index (χ2n) is 8.44. The molecule has 0 aliphatic rings. The van der Waals surface area contributed by atoms with Gasteiger partial charge in [0.1, 0.15) is 5.75 Å². The molecule has 0 fully saturated rings. The third-order valence-corrected chi connectivity index (χ3v) is 6.32. The van der Waals surface area contributed by atoms with Crippen LogP contribution in [0, 0.1) is 12.8 Å². The van der Waals surface area contributed by atoms with E-state index in [0.717, 1.165) is 11.3 Å². The summed E-state index contributed by atoms with van der Waals surface area (Å²) < 4.78 is 7.38. The second kappa shape index (κ2) is 12.4. The summed E-state index contributed by atoms with van der Waals surface area (Å²) in [6.07, 6.45) is 0. The van der Waals surface area contributed by atoms with E-state index in [2.05, 4.69) is 20.8 Å². The average molecular weight is 496 g/mol. The Kier molecular flexibility index (Phi) is 9.31. The molecule has 0 saturated carbocycles. The van der Waals surface area contributed by atoms with Crippen molar-refractivity contribution in [3.63, 3.8) is 0 Å². The lowest BCUT2D eigenvalue weighted by molar-refractivity contribution is -0.113. The van der Waals surface area contributed by atoms with Crippen molar-refractivity contribution in [1.29, 1.82) is 0 Å². The van der Waals surface area contributed by atoms with Crippen LogP contribution in [-0.2, 0) is 11.3 Å². The van der Waals surface area contributed by atoms with Crippen LogP contribution in [0.3, 0.4) is 0 Å². The minimum absolute atomic E-state index is 0.0964. The molecule has 186 valence electrons. The van der Waals surface area contributed by atoms with E-state index >= 15 is 0 Å². The zero-order valence-electron chi connectivity index (χ0n) is 20.9. The van der Waals surface area contributed by atoms with Crippen LogP contribution < -0.4 is 15.4 Å². The van der Waals surface area contributed by atoms with Crippen LogP contribution in [-0.4, -0.2) is 38.9 Å². The number of hydrogen-bond donors (Lipinski definition) is 2. The molecule has 0 aliphatic carbocycles. The molecular weight excluding hydrogens is 462 g/mol. The van der Waals surface area contributed by atoms with Gasteiger partial charge in [-0.15, -0.1) is 10.2 Å². The molecule has 0 spiro atoms. The van der Waals surface area contributed by atoms with Gasteiger partial charge in [-0.3, -0.25) is 9.59 Å². The Balaban J connectivity index is 1.67. The molecule has 0 saturated heterocycles. The average Bonchev–Trinajstić information content (AvgIpc) is 3.24. The third kappa shape index (κ3) is 7.08. The van der Waals surface area contributed by atoms with Gasteiger partial charge in [0.2, 0.25) is 5.91 Å². The van der Waals surface area contributed by atoms with E-state index < -0.39 is 0 Å². The van der Waals surface area contributed by atoms with Gasteiger partial charge in [-0.05, 0) is 63.1 Å². The number of amides is 2. The van der Waals surface area contributed by atoms with Gasteiger partial charge in [0.05, 0.1) is 18.4 Å². The first-order valence-electron chi connectivity index (χ1n) is 11.8. The number of carbonyl (C=O) groups is 2. The molecule has 2 amide bonds. The third-order valence-electron chi connectivity index (χ3n) is 5.35. The number of thioether (sulfide) groups is 1. The summed E-state index contributed by atoms with van der Waals surface area (Å²) in [5.41, 5.74) is 2.34. The van der Waals surface area contributed by atoms with Gasteiger partial charge in [-0.1, -0.05) is 43.3 Å². The lowest BCUT2D eigenvalue weighted by atomic mass is 10.0. The Morgan fingerprint density at radius 3 is 2.46 bits per heavy atom. The Bertz CT molecular complexity index is 1140. The van der Waals surface area contributed by atoms with Crippen LogP contribution in [0.15, 0.2) is 53.7 Å². The SMILES string of the molecule is CCOc1ccc(NC(=O)CSc2nnc([C@@H](NC(=O)c3cccc(C)c3)C(C)C)n2CC)cc1. The van der Waals surface area contributed by atoms with Crippen molar-refractivity contribution >= 4 is 29.3 Å². The van der Waals surface area contributed by atoms with Crippen molar-refractivity contribution in [2.75, 3.05) is 17.7 Å². The van der Waals surface area contributed by atoms with Crippen molar-refractivity contribution in [3.8, 4) is 5.75 Å². The summed E-state index contributed by atoms with van der Waals surface area (Å²) in [6, 6.07) is 14.4. The number of rotatable bonds is 11. The van der Waals surface area contributed by atoms with Crippen molar-refractivity contribution in [2.45, 2.75) is 52.4 Å². The fourth-order valence-corrected chi connectivity index (χ4v) is 4.41. The first kappa shape index (κ1) is 26.3. The predicted molar refractivity (Wildman–Crippen MR) is 139 cm³/mol. The number of nitrogens with zero attached hydrogens (tertiary/aromatic N) is 3. The van der Waals surface area contributed by atoms with Crippen LogP contribution >= 0.6 is 11.8 Å². The van der Waals surface area contributed by atoms with Gasteiger partial charge in [0, 0.05) is 17.8 Å². The summed E-state index contributed by atoms with van der Waals surface area (Å²) in [5.74, 6) is 1.43. The van der Waals surface area contributed by atoms with Gasteiger partial charge < -0.3 is 19.9 Å². The van der Waals surface area contributed by atoms with E-state index in [-0.39, 0.29) is 29.5 Å². The molecule has 9 heteroatoms. The number of anilines is 1. The summed E-state index contributed by atoms with van der Waals surface area (Å²) in [4.78, 5) is 25.4. The molecule has 1 heterocycles. The predicted octanol–water partition coefficient (Wildman–Crippen LogP) is 4.86. The van der Waals surface area contributed by atoms with Gasteiger partial charge in [0.25, 0.3) is 5.91 Å². The van der Waals surface area contributed by atoms with Gasteiger partial charge in [-0.25, -0.2) is 0 Å². The molecule has 0 unspecified atom stereocenters. The van der Waals surface area contributed by atoms with E-state index in [4.69, 9.17) is 4.74 Å². The fraction of sp³-hybridized carbons (Fsp3) is 0.385. The number of hydrogen-bond acceptors (Lipinski definition) is 6. The Morgan fingerprint density at radius 2 is 1.83 bits per heavy atom. The first-order valence-corrected chi connectivity index (χ1v) is 12.8. The number of benzene rings is 2. The molecule has 3 aromatic rings. The van der Waals surface area contributed by atoms with E-state index in [1.165, 1.54) is 11.8 Å². The van der Waals surface area contributed by atoms with Gasteiger partial charge in [0.15, 0.2) is 11.0 Å². The normalized spacial score (nSPS) is 11.8. The fourth-order valence-electron chi connectivity index (χ4n) is 3.60. The monoisotopic (exact) mass is 495 g/mol. The molecule has 1 aromatic heterocycles. The molecule has 2 N–H and O–H groups in total. The zero-order valence-corrected chi connectivity index (χ0v) is 21.7. The maximum absolute atomic E-state index is 12.9. The second-order valence-corrected chi connectivity index (χ2v) is 9.39. The highest BCUT2D eigenvalue weighted by atomic mass is 32.2. The minimum atomic E-state index is -0.317. The number of nitrogens with one attached hydrogen (secondary N) is 2. The maximum atomic E-state index is 12.9. The van der Waals surface area contributed by atoms with Crippen LogP contribution in [0.5, 0.6) is 5.75 Å².